The third-order valence-corrected chi connectivity index (χ3v) is 2.83. The van der Waals surface area contributed by atoms with Gasteiger partial charge in [-0.05, 0) is 24.6 Å². The summed E-state index contributed by atoms with van der Waals surface area (Å²) in [6.07, 6.45) is 2.78. The lowest BCUT2D eigenvalue weighted by molar-refractivity contribution is 0.102. The molecule has 2 rings (SSSR count). The molecule has 20 heavy (non-hydrogen) atoms. The zero-order valence-corrected chi connectivity index (χ0v) is 11.7. The van der Waals surface area contributed by atoms with Crippen molar-refractivity contribution in [1.29, 1.82) is 0 Å². The van der Waals surface area contributed by atoms with Gasteiger partial charge in [0.25, 0.3) is 5.91 Å². The number of carbonyl (C=O) groups excluding carboxylic acids is 1. The van der Waals surface area contributed by atoms with Gasteiger partial charge >= 0.3 is 0 Å². The first-order valence-corrected chi connectivity index (χ1v) is 6.14. The second-order valence-corrected chi connectivity index (χ2v) is 4.68. The van der Waals surface area contributed by atoms with Gasteiger partial charge in [-0.2, -0.15) is 0 Å². The largest absolute Gasteiger partial charge is 0.382 e. The Morgan fingerprint density at radius 3 is 2.70 bits per heavy atom. The highest BCUT2D eigenvalue weighted by Gasteiger charge is 2.10. The Morgan fingerprint density at radius 1 is 1.30 bits per heavy atom. The lowest BCUT2D eigenvalue weighted by Gasteiger charge is -2.17. The van der Waals surface area contributed by atoms with Crippen molar-refractivity contribution in [3.8, 4) is 0 Å². The van der Waals surface area contributed by atoms with E-state index in [1.54, 1.807) is 0 Å². The van der Waals surface area contributed by atoms with Gasteiger partial charge in [0.05, 0.1) is 12.4 Å². The number of amides is 1. The number of hydrogen-bond donors (Lipinski definition) is 2. The van der Waals surface area contributed by atoms with Gasteiger partial charge in [-0.15, -0.1) is 0 Å². The summed E-state index contributed by atoms with van der Waals surface area (Å²) >= 11 is 0. The minimum Gasteiger partial charge on any atom is -0.382 e. The molecule has 0 spiro atoms. The molecule has 0 aliphatic heterocycles. The molecule has 2 aromatic rings. The zero-order valence-electron chi connectivity index (χ0n) is 11.7. The Balaban J connectivity index is 2.22. The van der Waals surface area contributed by atoms with Crippen molar-refractivity contribution in [3.05, 3.63) is 41.9 Å². The van der Waals surface area contributed by atoms with Gasteiger partial charge in [-0.25, -0.2) is 4.98 Å². The predicted molar refractivity (Wildman–Crippen MR) is 79.9 cm³/mol. The van der Waals surface area contributed by atoms with E-state index in [1.807, 2.05) is 44.1 Å². The zero-order chi connectivity index (χ0) is 14.7. The van der Waals surface area contributed by atoms with Crippen LogP contribution in [0.15, 0.2) is 30.6 Å². The lowest BCUT2D eigenvalue weighted by atomic mass is 10.1. The maximum Gasteiger partial charge on any atom is 0.275 e. The van der Waals surface area contributed by atoms with Gasteiger partial charge in [0.15, 0.2) is 0 Å². The van der Waals surface area contributed by atoms with Crippen LogP contribution in [0.1, 0.15) is 16.1 Å². The molecule has 3 N–H and O–H groups in total. The van der Waals surface area contributed by atoms with Crippen LogP contribution in [0.25, 0.3) is 0 Å². The summed E-state index contributed by atoms with van der Waals surface area (Å²) in [6.45, 7) is 2.02. The number of nitrogens with one attached hydrogen (secondary N) is 1. The second kappa shape index (κ2) is 5.56. The fraction of sp³-hybridized carbons (Fsp3) is 0.214. The molecule has 1 amide bonds. The van der Waals surface area contributed by atoms with E-state index in [9.17, 15) is 4.79 Å². The summed E-state index contributed by atoms with van der Waals surface area (Å²) in [5.74, 6) is -0.117. The smallest absolute Gasteiger partial charge is 0.275 e. The van der Waals surface area contributed by atoms with Gasteiger partial charge in [0.2, 0.25) is 0 Å². The molecule has 0 unspecified atom stereocenters. The van der Waals surface area contributed by atoms with Crippen molar-refractivity contribution in [2.45, 2.75) is 6.92 Å². The van der Waals surface area contributed by atoms with Crippen molar-refractivity contribution in [3.63, 3.8) is 0 Å². The van der Waals surface area contributed by atoms with Crippen LogP contribution in [-0.4, -0.2) is 30.0 Å². The lowest BCUT2D eigenvalue weighted by Crippen LogP contribution is -2.16. The first-order valence-electron chi connectivity index (χ1n) is 6.14. The molecule has 0 atom stereocenters. The van der Waals surface area contributed by atoms with Crippen LogP contribution in [-0.2, 0) is 0 Å². The summed E-state index contributed by atoms with van der Waals surface area (Å²) in [7, 11) is 3.91. The maximum atomic E-state index is 12.0. The maximum absolute atomic E-state index is 12.0. The molecule has 104 valence electrons. The van der Waals surface area contributed by atoms with Crippen LogP contribution in [0.4, 0.5) is 17.2 Å². The number of hydrogen-bond acceptors (Lipinski definition) is 5. The Labute approximate surface area is 117 Å². The SMILES string of the molecule is Cc1ccc(NC(=O)c2cncc(N)n2)cc1N(C)C. The molecule has 0 aliphatic carbocycles. The molecular weight excluding hydrogens is 254 g/mol. The molecule has 0 saturated heterocycles. The third-order valence-electron chi connectivity index (χ3n) is 2.83. The highest BCUT2D eigenvalue weighted by Crippen LogP contribution is 2.22. The predicted octanol–water partition coefficient (Wildman–Crippen LogP) is 1.69. The minimum absolute atomic E-state index is 0.192. The quantitative estimate of drug-likeness (QED) is 0.887. The average molecular weight is 271 g/mol. The molecular formula is C14H17N5O. The monoisotopic (exact) mass is 271 g/mol. The number of benzene rings is 1. The van der Waals surface area contributed by atoms with E-state index >= 15 is 0 Å². The van der Waals surface area contributed by atoms with E-state index < -0.39 is 0 Å². The van der Waals surface area contributed by atoms with E-state index in [4.69, 9.17) is 5.73 Å². The summed E-state index contributed by atoms with van der Waals surface area (Å²) in [5, 5.41) is 2.78. The summed E-state index contributed by atoms with van der Waals surface area (Å²) < 4.78 is 0. The fourth-order valence-electron chi connectivity index (χ4n) is 1.85. The van der Waals surface area contributed by atoms with Gasteiger partial charge in [0, 0.05) is 25.5 Å². The molecule has 0 saturated carbocycles. The van der Waals surface area contributed by atoms with Crippen molar-refractivity contribution in [2.75, 3.05) is 30.0 Å². The Hall–Kier alpha value is -2.63. The molecule has 0 aliphatic rings. The van der Waals surface area contributed by atoms with Crippen LogP contribution in [0.5, 0.6) is 0 Å². The topological polar surface area (TPSA) is 84.1 Å². The van der Waals surface area contributed by atoms with Crippen LogP contribution >= 0.6 is 0 Å². The van der Waals surface area contributed by atoms with Crippen molar-refractivity contribution >= 4 is 23.1 Å². The van der Waals surface area contributed by atoms with Gasteiger partial charge < -0.3 is 16.0 Å². The fourth-order valence-corrected chi connectivity index (χ4v) is 1.85. The van der Waals surface area contributed by atoms with E-state index in [0.717, 1.165) is 11.3 Å². The highest BCUT2D eigenvalue weighted by molar-refractivity contribution is 6.03. The first kappa shape index (κ1) is 13.8. The molecule has 1 aromatic carbocycles. The number of aromatic nitrogens is 2. The number of nitrogens with zero attached hydrogens (tertiary/aromatic N) is 3. The second-order valence-electron chi connectivity index (χ2n) is 4.68. The molecule has 0 fully saturated rings. The Kier molecular flexibility index (Phi) is 3.84. The Bertz CT molecular complexity index is 639. The standard InChI is InChI=1S/C14H17N5O/c1-9-4-5-10(6-12(9)19(2)3)17-14(20)11-7-16-8-13(15)18-11/h4-8H,1-3H3,(H2,15,18)(H,17,20). The van der Waals surface area contributed by atoms with Crippen LogP contribution in [0.3, 0.4) is 0 Å². The molecule has 1 heterocycles. The third kappa shape index (κ3) is 3.03. The summed E-state index contributed by atoms with van der Waals surface area (Å²) in [4.78, 5) is 21.8. The molecule has 0 radical (unpaired) electrons. The summed E-state index contributed by atoms with van der Waals surface area (Å²) in [5.41, 5.74) is 8.59. The van der Waals surface area contributed by atoms with Gasteiger partial charge in [-0.3, -0.25) is 9.78 Å². The van der Waals surface area contributed by atoms with Crippen LogP contribution in [0.2, 0.25) is 0 Å². The van der Waals surface area contributed by atoms with Crippen molar-refractivity contribution < 1.29 is 4.79 Å². The van der Waals surface area contributed by atoms with Crippen molar-refractivity contribution in [2.24, 2.45) is 0 Å². The molecule has 6 heteroatoms. The average Bonchev–Trinajstić information content (AvgIpc) is 2.40. The molecule has 1 aromatic heterocycles. The number of rotatable bonds is 3. The van der Waals surface area contributed by atoms with Crippen LogP contribution < -0.4 is 16.0 Å². The Morgan fingerprint density at radius 2 is 2.05 bits per heavy atom. The number of nitrogens with two attached hydrogens (primary N) is 1. The van der Waals surface area contributed by atoms with E-state index in [0.29, 0.717) is 5.69 Å². The number of aryl methyl sites for hydroxylation is 1. The number of nitrogen functional groups attached to an aromatic ring is 1. The number of carbonyl (C=O) groups is 1. The minimum atomic E-state index is -0.335. The van der Waals surface area contributed by atoms with Gasteiger partial charge in [0.1, 0.15) is 11.5 Å². The van der Waals surface area contributed by atoms with Gasteiger partial charge in [-0.1, -0.05) is 6.07 Å². The molecule has 6 nitrogen and oxygen atoms in total. The van der Waals surface area contributed by atoms with E-state index in [2.05, 4.69) is 15.3 Å². The van der Waals surface area contributed by atoms with Crippen LogP contribution in [0, 0.1) is 6.92 Å². The van der Waals surface area contributed by atoms with E-state index in [1.165, 1.54) is 12.4 Å². The molecule has 0 bridgehead atoms. The summed E-state index contributed by atoms with van der Waals surface area (Å²) in [6, 6.07) is 5.71. The normalized spacial score (nSPS) is 10.2. The first-order chi connectivity index (χ1) is 9.47. The van der Waals surface area contributed by atoms with E-state index in [-0.39, 0.29) is 17.4 Å². The van der Waals surface area contributed by atoms with Crippen molar-refractivity contribution in [1.82, 2.24) is 9.97 Å². The number of anilines is 3. The highest BCUT2D eigenvalue weighted by atomic mass is 16.1.